The molecule has 0 aliphatic carbocycles. The fourth-order valence-corrected chi connectivity index (χ4v) is 1.76. The van der Waals surface area contributed by atoms with Crippen molar-refractivity contribution in [3.8, 4) is 11.1 Å². The van der Waals surface area contributed by atoms with E-state index < -0.39 is 6.09 Å². The van der Waals surface area contributed by atoms with Crippen LogP contribution in [0.4, 0.5) is 14.9 Å². The number of rotatable bonds is 2. The van der Waals surface area contributed by atoms with Gasteiger partial charge in [-0.25, -0.2) is 9.18 Å². The van der Waals surface area contributed by atoms with Gasteiger partial charge in [-0.3, -0.25) is 5.32 Å². The van der Waals surface area contributed by atoms with Crippen LogP contribution in [0.5, 0.6) is 0 Å². The van der Waals surface area contributed by atoms with Gasteiger partial charge in [-0.1, -0.05) is 24.3 Å². The second-order valence-electron chi connectivity index (χ2n) is 3.99. The molecule has 0 aromatic heterocycles. The number of hydrogen-bond acceptors (Lipinski definition) is 1. The summed E-state index contributed by atoms with van der Waals surface area (Å²) in [6.45, 7) is 1.88. The van der Waals surface area contributed by atoms with Crippen molar-refractivity contribution in [1.29, 1.82) is 0 Å². The zero-order valence-electron chi connectivity index (χ0n) is 9.77. The Kier molecular flexibility index (Phi) is 3.28. The molecule has 18 heavy (non-hydrogen) atoms. The lowest BCUT2D eigenvalue weighted by Crippen LogP contribution is -2.08. The smallest absolute Gasteiger partial charge is 0.409 e. The number of aryl methyl sites for hydroxylation is 1. The topological polar surface area (TPSA) is 49.3 Å². The molecule has 1 amide bonds. The lowest BCUT2D eigenvalue weighted by Gasteiger charge is -2.10. The molecule has 0 unspecified atom stereocenters. The molecule has 3 nitrogen and oxygen atoms in total. The summed E-state index contributed by atoms with van der Waals surface area (Å²) in [6, 6.07) is 11.4. The SMILES string of the molecule is Cc1ccc(-c2ccc(F)cc2)c(NC(=O)O)c1. The van der Waals surface area contributed by atoms with E-state index in [2.05, 4.69) is 5.32 Å². The van der Waals surface area contributed by atoms with Crippen molar-refractivity contribution in [3.05, 3.63) is 53.8 Å². The predicted molar refractivity (Wildman–Crippen MR) is 68.2 cm³/mol. The molecule has 92 valence electrons. The van der Waals surface area contributed by atoms with Crippen LogP contribution in [0.15, 0.2) is 42.5 Å². The summed E-state index contributed by atoms with van der Waals surface area (Å²) in [7, 11) is 0. The van der Waals surface area contributed by atoms with Gasteiger partial charge in [0.1, 0.15) is 5.82 Å². The molecule has 0 aliphatic heterocycles. The van der Waals surface area contributed by atoms with Gasteiger partial charge in [-0.05, 0) is 36.2 Å². The first-order valence-corrected chi connectivity index (χ1v) is 5.43. The van der Waals surface area contributed by atoms with E-state index in [0.717, 1.165) is 16.7 Å². The number of amides is 1. The van der Waals surface area contributed by atoms with E-state index in [1.807, 2.05) is 19.1 Å². The highest BCUT2D eigenvalue weighted by Gasteiger charge is 2.08. The van der Waals surface area contributed by atoms with Crippen LogP contribution in [0.3, 0.4) is 0 Å². The van der Waals surface area contributed by atoms with E-state index in [4.69, 9.17) is 5.11 Å². The van der Waals surface area contributed by atoms with Crippen molar-refractivity contribution in [1.82, 2.24) is 0 Å². The number of hydrogen-bond donors (Lipinski definition) is 2. The third kappa shape index (κ3) is 2.66. The Morgan fingerprint density at radius 3 is 2.44 bits per heavy atom. The number of carbonyl (C=O) groups is 1. The van der Waals surface area contributed by atoms with Gasteiger partial charge in [-0.15, -0.1) is 0 Å². The van der Waals surface area contributed by atoms with E-state index in [1.54, 1.807) is 18.2 Å². The summed E-state index contributed by atoms with van der Waals surface area (Å²) in [5.41, 5.74) is 2.93. The lowest BCUT2D eigenvalue weighted by atomic mass is 10.0. The molecular weight excluding hydrogens is 233 g/mol. The Morgan fingerprint density at radius 2 is 1.83 bits per heavy atom. The molecule has 0 aliphatic rings. The first-order chi connectivity index (χ1) is 8.56. The van der Waals surface area contributed by atoms with Crippen molar-refractivity contribution in [3.63, 3.8) is 0 Å². The van der Waals surface area contributed by atoms with Crippen LogP contribution in [0.2, 0.25) is 0 Å². The van der Waals surface area contributed by atoms with E-state index >= 15 is 0 Å². The molecule has 0 atom stereocenters. The fourth-order valence-electron chi connectivity index (χ4n) is 1.76. The largest absolute Gasteiger partial charge is 0.465 e. The minimum Gasteiger partial charge on any atom is -0.465 e. The molecule has 2 aromatic rings. The number of halogens is 1. The molecule has 0 saturated carbocycles. The van der Waals surface area contributed by atoms with Crippen molar-refractivity contribution in [2.75, 3.05) is 5.32 Å². The molecule has 2 rings (SSSR count). The van der Waals surface area contributed by atoms with E-state index in [1.165, 1.54) is 12.1 Å². The molecular formula is C14H12FNO2. The second kappa shape index (κ2) is 4.87. The Balaban J connectivity index is 2.49. The first-order valence-electron chi connectivity index (χ1n) is 5.43. The van der Waals surface area contributed by atoms with Crippen LogP contribution in [-0.4, -0.2) is 11.2 Å². The summed E-state index contributed by atoms with van der Waals surface area (Å²) < 4.78 is 12.9. The zero-order chi connectivity index (χ0) is 13.1. The third-order valence-corrected chi connectivity index (χ3v) is 2.57. The molecule has 0 saturated heterocycles. The molecule has 0 radical (unpaired) electrons. The van der Waals surface area contributed by atoms with Gasteiger partial charge >= 0.3 is 6.09 Å². The van der Waals surface area contributed by atoms with E-state index in [9.17, 15) is 9.18 Å². The number of anilines is 1. The van der Waals surface area contributed by atoms with Crippen molar-refractivity contribution in [2.45, 2.75) is 6.92 Å². The molecule has 0 fully saturated rings. The molecule has 2 aromatic carbocycles. The van der Waals surface area contributed by atoms with Crippen LogP contribution in [0, 0.1) is 12.7 Å². The Morgan fingerprint density at radius 1 is 1.17 bits per heavy atom. The number of benzene rings is 2. The average molecular weight is 245 g/mol. The van der Waals surface area contributed by atoms with Crippen molar-refractivity contribution in [2.24, 2.45) is 0 Å². The summed E-state index contributed by atoms with van der Waals surface area (Å²) in [5, 5.41) is 11.2. The predicted octanol–water partition coefficient (Wildman–Crippen LogP) is 3.89. The van der Waals surface area contributed by atoms with Crippen molar-refractivity contribution < 1.29 is 14.3 Å². The maximum absolute atomic E-state index is 12.9. The standard InChI is InChI=1S/C14H12FNO2/c1-9-2-7-12(13(8-9)16-14(17)18)10-3-5-11(15)6-4-10/h2-8,16H,1H3,(H,17,18). The maximum Gasteiger partial charge on any atom is 0.409 e. The summed E-state index contributed by atoms with van der Waals surface area (Å²) >= 11 is 0. The van der Waals surface area contributed by atoms with Gasteiger partial charge in [0.25, 0.3) is 0 Å². The molecule has 4 heteroatoms. The molecule has 0 heterocycles. The summed E-state index contributed by atoms with van der Waals surface area (Å²) in [6.07, 6.45) is -1.12. The van der Waals surface area contributed by atoms with Gasteiger partial charge in [-0.2, -0.15) is 0 Å². The van der Waals surface area contributed by atoms with Crippen LogP contribution in [-0.2, 0) is 0 Å². The Labute approximate surface area is 104 Å². The first kappa shape index (κ1) is 12.1. The fraction of sp³-hybridized carbons (Fsp3) is 0.0714. The highest BCUT2D eigenvalue weighted by atomic mass is 19.1. The van der Waals surface area contributed by atoms with E-state index in [0.29, 0.717) is 5.69 Å². The average Bonchev–Trinajstić information content (AvgIpc) is 2.30. The second-order valence-corrected chi connectivity index (χ2v) is 3.99. The van der Waals surface area contributed by atoms with E-state index in [-0.39, 0.29) is 5.82 Å². The summed E-state index contributed by atoms with van der Waals surface area (Å²) in [4.78, 5) is 10.7. The molecule has 0 spiro atoms. The molecule has 2 N–H and O–H groups in total. The third-order valence-electron chi connectivity index (χ3n) is 2.57. The lowest BCUT2D eigenvalue weighted by molar-refractivity contribution is 0.210. The minimum absolute atomic E-state index is 0.321. The van der Waals surface area contributed by atoms with Gasteiger partial charge in [0.2, 0.25) is 0 Å². The van der Waals surface area contributed by atoms with Gasteiger partial charge < -0.3 is 5.11 Å². The van der Waals surface area contributed by atoms with Gasteiger partial charge in [0.15, 0.2) is 0 Å². The van der Waals surface area contributed by atoms with Gasteiger partial charge in [0.05, 0.1) is 5.69 Å². The van der Waals surface area contributed by atoms with Crippen LogP contribution < -0.4 is 5.32 Å². The van der Waals surface area contributed by atoms with Crippen molar-refractivity contribution >= 4 is 11.8 Å². The van der Waals surface area contributed by atoms with Crippen LogP contribution in [0.1, 0.15) is 5.56 Å². The highest BCUT2D eigenvalue weighted by Crippen LogP contribution is 2.29. The molecule has 0 bridgehead atoms. The minimum atomic E-state index is -1.12. The number of carboxylic acid groups (broad SMARTS) is 1. The quantitative estimate of drug-likeness (QED) is 0.843. The van der Waals surface area contributed by atoms with Crippen LogP contribution >= 0.6 is 0 Å². The maximum atomic E-state index is 12.9. The van der Waals surface area contributed by atoms with Crippen LogP contribution in [0.25, 0.3) is 11.1 Å². The van der Waals surface area contributed by atoms with Gasteiger partial charge in [0, 0.05) is 5.56 Å². The number of nitrogens with one attached hydrogen (secondary N) is 1. The highest BCUT2D eigenvalue weighted by molar-refractivity contribution is 5.90. The Bertz CT molecular complexity index is 579. The zero-order valence-corrected chi connectivity index (χ0v) is 9.77. The normalized spacial score (nSPS) is 10.1. The Hall–Kier alpha value is -2.36. The monoisotopic (exact) mass is 245 g/mol. The summed E-state index contributed by atoms with van der Waals surface area (Å²) in [5.74, 6) is -0.321.